The van der Waals surface area contributed by atoms with Crippen LogP contribution in [-0.2, 0) is 12.8 Å². The Hall–Kier alpha value is -1.13. The number of benzene rings is 2. The molecule has 0 fully saturated rings. The zero-order chi connectivity index (χ0) is 12.4. The Balaban J connectivity index is 2.04. The second-order valence-electron chi connectivity index (χ2n) is 5.17. The van der Waals surface area contributed by atoms with Gasteiger partial charge in [0.1, 0.15) is 0 Å². The molecule has 1 heteroatoms. The van der Waals surface area contributed by atoms with Crippen molar-refractivity contribution in [2.75, 3.05) is 0 Å². The molecule has 0 nitrogen and oxygen atoms in total. The van der Waals surface area contributed by atoms with Gasteiger partial charge in [-0.05, 0) is 53.2 Å². The molecule has 0 saturated heterocycles. The molecule has 1 aliphatic rings. The van der Waals surface area contributed by atoms with Crippen molar-refractivity contribution in [2.45, 2.75) is 32.1 Å². The van der Waals surface area contributed by atoms with Gasteiger partial charge in [0, 0.05) is 0 Å². The van der Waals surface area contributed by atoms with Gasteiger partial charge < -0.3 is 0 Å². The van der Waals surface area contributed by atoms with Crippen molar-refractivity contribution in [3.8, 4) is 11.1 Å². The molecule has 92 valence electrons. The van der Waals surface area contributed by atoms with Gasteiger partial charge in [0.15, 0.2) is 0 Å². The molecule has 0 amide bonds. The van der Waals surface area contributed by atoms with E-state index in [2.05, 4.69) is 51.7 Å². The average Bonchev–Trinajstić information content (AvgIpc) is 2.37. The third-order valence-corrected chi connectivity index (χ3v) is 4.19. The maximum Gasteiger partial charge on any atom is -0.0152 e. The smallest absolute Gasteiger partial charge is 0.0152 e. The highest BCUT2D eigenvalue weighted by Gasteiger charge is 2.09. The van der Waals surface area contributed by atoms with Gasteiger partial charge in [0.05, 0.1) is 0 Å². The summed E-state index contributed by atoms with van der Waals surface area (Å²) in [6.45, 7) is 0. The van der Waals surface area contributed by atoms with Gasteiger partial charge in [-0.2, -0.15) is 0 Å². The van der Waals surface area contributed by atoms with E-state index < -0.39 is 0 Å². The minimum atomic E-state index is 1.23. The first-order valence-corrected chi connectivity index (χ1v) is 7.38. The van der Waals surface area contributed by atoms with Gasteiger partial charge in [-0.15, -0.1) is 9.24 Å². The SMILES string of the molecule is Pc1ccc(-c2ccc3cc2CCCCC3)cc1. The fraction of sp³-hybridized carbons (Fsp3) is 0.294. The molecule has 0 aliphatic heterocycles. The molecule has 0 radical (unpaired) electrons. The Morgan fingerprint density at radius 1 is 0.778 bits per heavy atom. The topological polar surface area (TPSA) is 0 Å². The van der Waals surface area contributed by atoms with Crippen LogP contribution in [0.15, 0.2) is 42.5 Å². The quantitative estimate of drug-likeness (QED) is 0.671. The molecule has 0 heterocycles. The van der Waals surface area contributed by atoms with Crippen LogP contribution in [0, 0.1) is 0 Å². The van der Waals surface area contributed by atoms with E-state index in [1.54, 1.807) is 0 Å². The van der Waals surface area contributed by atoms with Crippen molar-refractivity contribution in [2.24, 2.45) is 0 Å². The van der Waals surface area contributed by atoms with Crippen molar-refractivity contribution in [1.82, 2.24) is 0 Å². The maximum atomic E-state index is 2.75. The molecule has 0 spiro atoms. The highest BCUT2D eigenvalue weighted by molar-refractivity contribution is 7.27. The van der Waals surface area contributed by atoms with Crippen molar-refractivity contribution in [3.63, 3.8) is 0 Å². The monoisotopic (exact) mass is 254 g/mol. The van der Waals surface area contributed by atoms with Crippen LogP contribution < -0.4 is 5.30 Å². The predicted octanol–water partition coefficient (Wildman–Crippen LogP) is 4.12. The Bertz CT molecular complexity index is 540. The Morgan fingerprint density at radius 2 is 1.56 bits per heavy atom. The lowest BCUT2D eigenvalue weighted by Gasteiger charge is -2.15. The van der Waals surface area contributed by atoms with E-state index in [-0.39, 0.29) is 0 Å². The molecule has 0 N–H and O–H groups in total. The molecular weight excluding hydrogens is 235 g/mol. The minimum absolute atomic E-state index is 1.23. The summed E-state index contributed by atoms with van der Waals surface area (Å²) in [5.41, 5.74) is 5.81. The standard InChI is InChI=1S/C17H19P/c18-16-9-7-14(8-10-16)17-11-6-13-4-2-1-3-5-15(17)12-13/h6-12H,1-5,18H2. The fourth-order valence-electron chi connectivity index (χ4n) is 2.78. The van der Waals surface area contributed by atoms with Crippen LogP contribution in [0.25, 0.3) is 11.1 Å². The Morgan fingerprint density at radius 3 is 2.39 bits per heavy atom. The van der Waals surface area contributed by atoms with E-state index in [9.17, 15) is 0 Å². The zero-order valence-electron chi connectivity index (χ0n) is 10.7. The molecule has 0 aromatic heterocycles. The summed E-state index contributed by atoms with van der Waals surface area (Å²) in [6, 6.07) is 15.8. The summed E-state index contributed by atoms with van der Waals surface area (Å²) in [5.74, 6) is 0. The number of rotatable bonds is 1. The second-order valence-corrected chi connectivity index (χ2v) is 5.84. The molecule has 2 aromatic rings. The van der Waals surface area contributed by atoms with Gasteiger partial charge in [-0.25, -0.2) is 0 Å². The first-order chi connectivity index (χ1) is 8.83. The molecule has 1 unspecified atom stereocenters. The second kappa shape index (κ2) is 5.24. The summed E-state index contributed by atoms with van der Waals surface area (Å²) in [7, 11) is 2.75. The van der Waals surface area contributed by atoms with Crippen LogP contribution in [0.3, 0.4) is 0 Å². The van der Waals surface area contributed by atoms with E-state index >= 15 is 0 Å². The van der Waals surface area contributed by atoms with Crippen LogP contribution in [0.1, 0.15) is 30.4 Å². The molecule has 18 heavy (non-hydrogen) atoms. The Kier molecular flexibility index (Phi) is 3.48. The van der Waals surface area contributed by atoms with Crippen LogP contribution in [-0.4, -0.2) is 0 Å². The van der Waals surface area contributed by atoms with Crippen LogP contribution in [0.5, 0.6) is 0 Å². The van der Waals surface area contributed by atoms with Crippen LogP contribution in [0.2, 0.25) is 0 Å². The van der Waals surface area contributed by atoms with E-state index in [1.807, 2.05) is 0 Å². The summed E-state index contributed by atoms with van der Waals surface area (Å²) in [4.78, 5) is 0. The summed E-state index contributed by atoms with van der Waals surface area (Å²) in [6.07, 6.45) is 6.52. The highest BCUT2D eigenvalue weighted by Crippen LogP contribution is 2.28. The van der Waals surface area contributed by atoms with Gasteiger partial charge >= 0.3 is 0 Å². The number of fused-ring (bicyclic) bond motifs is 2. The zero-order valence-corrected chi connectivity index (χ0v) is 11.8. The van der Waals surface area contributed by atoms with Gasteiger partial charge in [-0.1, -0.05) is 48.9 Å². The summed E-state index contributed by atoms with van der Waals surface area (Å²) in [5, 5.41) is 1.25. The molecule has 2 aromatic carbocycles. The average molecular weight is 254 g/mol. The molecule has 2 bridgehead atoms. The van der Waals surface area contributed by atoms with Crippen molar-refractivity contribution >= 4 is 14.5 Å². The minimum Gasteiger partial charge on any atom is -0.106 e. The summed E-state index contributed by atoms with van der Waals surface area (Å²) < 4.78 is 0. The van der Waals surface area contributed by atoms with E-state index in [0.717, 1.165) is 0 Å². The van der Waals surface area contributed by atoms with E-state index in [0.29, 0.717) is 0 Å². The van der Waals surface area contributed by atoms with Crippen molar-refractivity contribution < 1.29 is 0 Å². The fourth-order valence-corrected chi connectivity index (χ4v) is 2.97. The number of aryl methyl sites for hydroxylation is 2. The number of hydrogen-bond donors (Lipinski definition) is 0. The lowest BCUT2D eigenvalue weighted by atomic mass is 9.90. The predicted molar refractivity (Wildman–Crippen MR) is 82.5 cm³/mol. The summed E-state index contributed by atoms with van der Waals surface area (Å²) >= 11 is 0. The van der Waals surface area contributed by atoms with Gasteiger partial charge in [0.25, 0.3) is 0 Å². The van der Waals surface area contributed by atoms with Crippen molar-refractivity contribution in [1.29, 1.82) is 0 Å². The van der Waals surface area contributed by atoms with Crippen molar-refractivity contribution in [3.05, 3.63) is 53.6 Å². The lowest BCUT2D eigenvalue weighted by Crippen LogP contribution is -1.99. The third-order valence-electron chi connectivity index (χ3n) is 3.80. The normalized spacial score (nSPS) is 14.9. The Labute approximate surface area is 112 Å². The molecular formula is C17H19P. The number of hydrogen-bond acceptors (Lipinski definition) is 0. The van der Waals surface area contributed by atoms with E-state index in [1.165, 1.54) is 59.7 Å². The van der Waals surface area contributed by atoms with Gasteiger partial charge in [0.2, 0.25) is 0 Å². The maximum absolute atomic E-state index is 2.75. The van der Waals surface area contributed by atoms with E-state index in [4.69, 9.17) is 0 Å². The first-order valence-electron chi connectivity index (χ1n) is 6.81. The largest absolute Gasteiger partial charge is 0.106 e. The van der Waals surface area contributed by atoms with Gasteiger partial charge in [-0.3, -0.25) is 0 Å². The lowest BCUT2D eigenvalue weighted by molar-refractivity contribution is 0.667. The first kappa shape index (κ1) is 11.9. The molecule has 3 rings (SSSR count). The third kappa shape index (κ3) is 2.49. The van der Waals surface area contributed by atoms with Crippen LogP contribution in [0.4, 0.5) is 0 Å². The molecule has 1 atom stereocenters. The molecule has 0 saturated carbocycles. The molecule has 1 aliphatic carbocycles. The highest BCUT2D eigenvalue weighted by atomic mass is 31.0. The van der Waals surface area contributed by atoms with Crippen LogP contribution >= 0.6 is 9.24 Å².